The lowest BCUT2D eigenvalue weighted by molar-refractivity contribution is -0.385. The molecule has 0 amide bonds. The van der Waals surface area contributed by atoms with Crippen molar-refractivity contribution in [3.63, 3.8) is 0 Å². The van der Waals surface area contributed by atoms with Gasteiger partial charge in [-0.2, -0.15) is 0 Å². The number of esters is 3. The Morgan fingerprint density at radius 3 is 2.00 bits per heavy atom. The summed E-state index contributed by atoms with van der Waals surface area (Å²) in [4.78, 5) is 46.9. The normalized spacial score (nSPS) is 11.5. The van der Waals surface area contributed by atoms with Crippen molar-refractivity contribution in [3.05, 3.63) is 39.4 Å². The fraction of sp³-hybridized carbons (Fsp3) is 0.526. The molecule has 0 atom stereocenters. The number of carbonyl (C=O) groups excluding carboxylic acids is 3. The van der Waals surface area contributed by atoms with Crippen molar-refractivity contribution < 1.29 is 37.9 Å². The number of hydrogen-bond donors (Lipinski definition) is 0. The van der Waals surface area contributed by atoms with Crippen LogP contribution in [0.3, 0.4) is 0 Å². The number of nitro groups is 1. The van der Waals surface area contributed by atoms with Gasteiger partial charge in [0.2, 0.25) is 0 Å². The van der Waals surface area contributed by atoms with Crippen molar-refractivity contribution in [2.75, 3.05) is 13.2 Å². The molecule has 0 heterocycles. The Bertz CT molecular complexity index is 782. The van der Waals surface area contributed by atoms with Crippen molar-refractivity contribution in [3.8, 4) is 0 Å². The number of ether oxygens (including phenoxy) is 3. The molecule has 1 rings (SSSR count). The van der Waals surface area contributed by atoms with Gasteiger partial charge in [-0.1, -0.05) is 6.07 Å². The molecule has 0 radical (unpaired) electrons. The van der Waals surface area contributed by atoms with E-state index >= 15 is 4.39 Å². The zero-order valence-corrected chi connectivity index (χ0v) is 16.9. The van der Waals surface area contributed by atoms with E-state index in [2.05, 4.69) is 9.47 Å². The SMILES string of the molecule is CCOC(=O)C(F)(Cc1ccc(C(=O)OC(C)(C)C)cc1[N+](=O)[O-])C(=O)OCC. The summed E-state index contributed by atoms with van der Waals surface area (Å²) in [6, 6.07) is 3.18. The van der Waals surface area contributed by atoms with Crippen molar-refractivity contribution in [2.24, 2.45) is 0 Å². The number of rotatable bonds is 8. The average molecular weight is 413 g/mol. The largest absolute Gasteiger partial charge is 0.463 e. The zero-order chi connectivity index (χ0) is 22.4. The van der Waals surface area contributed by atoms with Gasteiger partial charge in [0.1, 0.15) is 5.60 Å². The molecule has 0 aliphatic carbocycles. The van der Waals surface area contributed by atoms with Crippen molar-refractivity contribution in [1.82, 2.24) is 0 Å². The molecule has 0 bridgehead atoms. The first kappa shape index (κ1) is 24.0. The third-order valence-corrected chi connectivity index (χ3v) is 3.55. The molecule has 160 valence electrons. The summed E-state index contributed by atoms with van der Waals surface area (Å²) in [6.45, 7) is 7.31. The minimum absolute atomic E-state index is 0.132. The summed E-state index contributed by atoms with van der Waals surface area (Å²) in [5.41, 5.74) is -5.17. The molecular weight excluding hydrogens is 389 g/mol. The van der Waals surface area contributed by atoms with E-state index in [-0.39, 0.29) is 24.3 Å². The lowest BCUT2D eigenvalue weighted by atomic mass is 9.94. The van der Waals surface area contributed by atoms with Crippen LogP contribution in [0.15, 0.2) is 18.2 Å². The predicted molar refractivity (Wildman–Crippen MR) is 99.1 cm³/mol. The molecular formula is C19H24FNO8. The van der Waals surface area contributed by atoms with Crippen LogP contribution < -0.4 is 0 Å². The van der Waals surface area contributed by atoms with E-state index in [4.69, 9.17) is 4.74 Å². The molecule has 0 saturated heterocycles. The third kappa shape index (κ3) is 6.23. The molecule has 0 aromatic heterocycles. The lowest BCUT2D eigenvalue weighted by Gasteiger charge is -2.22. The Morgan fingerprint density at radius 1 is 1.07 bits per heavy atom. The molecule has 1 aromatic rings. The molecule has 0 aliphatic heterocycles. The van der Waals surface area contributed by atoms with E-state index in [1.807, 2.05) is 0 Å². The van der Waals surface area contributed by atoms with Crippen LogP contribution in [-0.4, -0.2) is 47.3 Å². The standard InChI is InChI=1S/C19H24FNO8/c1-6-27-16(23)19(20,17(24)28-7-2)11-13-9-8-12(10-14(13)21(25)26)15(22)29-18(3,4)5/h8-10H,6-7,11H2,1-5H3. The maximum absolute atomic E-state index is 15.3. The van der Waals surface area contributed by atoms with Crippen LogP contribution in [0.1, 0.15) is 50.5 Å². The van der Waals surface area contributed by atoms with Crippen LogP contribution >= 0.6 is 0 Å². The Balaban J connectivity index is 3.36. The van der Waals surface area contributed by atoms with Crippen molar-refractivity contribution in [2.45, 2.75) is 52.3 Å². The number of nitro benzene ring substituents is 1. The van der Waals surface area contributed by atoms with Crippen LogP contribution in [-0.2, 0) is 30.2 Å². The number of nitrogens with zero attached hydrogens (tertiary/aromatic N) is 1. The first-order valence-corrected chi connectivity index (χ1v) is 8.89. The maximum atomic E-state index is 15.3. The predicted octanol–water partition coefficient (Wildman–Crippen LogP) is 2.93. The van der Waals surface area contributed by atoms with E-state index in [0.29, 0.717) is 0 Å². The second-order valence-electron chi connectivity index (χ2n) is 7.02. The molecule has 0 unspecified atom stereocenters. The summed E-state index contributed by atoms with van der Waals surface area (Å²) in [6.07, 6.45) is -0.990. The summed E-state index contributed by atoms with van der Waals surface area (Å²) in [5, 5.41) is 11.5. The molecule has 0 spiro atoms. The number of alkyl halides is 1. The summed E-state index contributed by atoms with van der Waals surface area (Å²) in [5.74, 6) is -3.83. The van der Waals surface area contributed by atoms with Gasteiger partial charge in [-0.05, 0) is 40.7 Å². The molecule has 9 nitrogen and oxygen atoms in total. The van der Waals surface area contributed by atoms with Crippen LogP contribution in [0.2, 0.25) is 0 Å². The van der Waals surface area contributed by atoms with Crippen molar-refractivity contribution >= 4 is 23.6 Å². The number of hydrogen-bond acceptors (Lipinski definition) is 8. The quantitative estimate of drug-likeness (QED) is 0.210. The monoisotopic (exact) mass is 413 g/mol. The molecule has 0 N–H and O–H groups in total. The van der Waals surface area contributed by atoms with Crippen LogP contribution in [0, 0.1) is 10.1 Å². The zero-order valence-electron chi connectivity index (χ0n) is 16.9. The second-order valence-corrected chi connectivity index (χ2v) is 7.02. The first-order valence-electron chi connectivity index (χ1n) is 8.89. The highest BCUT2D eigenvalue weighted by atomic mass is 19.1. The van der Waals surface area contributed by atoms with Gasteiger partial charge in [-0.25, -0.2) is 18.8 Å². The Labute approximate surface area is 167 Å². The van der Waals surface area contributed by atoms with E-state index < -0.39 is 46.2 Å². The minimum atomic E-state index is -3.27. The van der Waals surface area contributed by atoms with Gasteiger partial charge >= 0.3 is 23.6 Å². The van der Waals surface area contributed by atoms with E-state index in [9.17, 15) is 24.5 Å². The Morgan fingerprint density at radius 2 is 1.59 bits per heavy atom. The fourth-order valence-electron chi connectivity index (χ4n) is 2.33. The van der Waals surface area contributed by atoms with Gasteiger partial charge in [-0.15, -0.1) is 0 Å². The number of halogens is 1. The van der Waals surface area contributed by atoms with Gasteiger partial charge in [0, 0.05) is 18.1 Å². The molecule has 0 aliphatic rings. The second kappa shape index (κ2) is 9.44. The first-order chi connectivity index (χ1) is 13.4. The lowest BCUT2D eigenvalue weighted by Crippen LogP contribution is -2.47. The topological polar surface area (TPSA) is 122 Å². The Kier molecular flexibility index (Phi) is 7.81. The van der Waals surface area contributed by atoms with Gasteiger partial charge in [-0.3, -0.25) is 10.1 Å². The molecule has 10 heteroatoms. The minimum Gasteiger partial charge on any atom is -0.463 e. The summed E-state index contributed by atoms with van der Waals surface area (Å²) in [7, 11) is 0. The summed E-state index contributed by atoms with van der Waals surface area (Å²) >= 11 is 0. The van der Waals surface area contributed by atoms with Gasteiger partial charge < -0.3 is 14.2 Å². The highest BCUT2D eigenvalue weighted by molar-refractivity contribution is 6.04. The van der Waals surface area contributed by atoms with Gasteiger partial charge in [0.25, 0.3) is 5.69 Å². The average Bonchev–Trinajstić information content (AvgIpc) is 2.60. The van der Waals surface area contributed by atoms with Gasteiger partial charge in [0.05, 0.1) is 23.7 Å². The summed E-state index contributed by atoms with van der Waals surface area (Å²) < 4.78 is 29.7. The number of carbonyl (C=O) groups is 3. The van der Waals surface area contributed by atoms with E-state index in [1.165, 1.54) is 19.9 Å². The van der Waals surface area contributed by atoms with E-state index in [1.54, 1.807) is 20.8 Å². The van der Waals surface area contributed by atoms with Crippen LogP contribution in [0.25, 0.3) is 0 Å². The van der Waals surface area contributed by atoms with Crippen LogP contribution in [0.5, 0.6) is 0 Å². The highest BCUT2D eigenvalue weighted by Gasteiger charge is 2.51. The smallest absolute Gasteiger partial charge is 0.356 e. The molecule has 1 aromatic carbocycles. The molecule has 0 saturated carbocycles. The van der Waals surface area contributed by atoms with Crippen molar-refractivity contribution in [1.29, 1.82) is 0 Å². The highest BCUT2D eigenvalue weighted by Crippen LogP contribution is 2.29. The Hall–Kier alpha value is -3.04. The van der Waals surface area contributed by atoms with Crippen LogP contribution in [0.4, 0.5) is 10.1 Å². The molecule has 0 fully saturated rings. The maximum Gasteiger partial charge on any atom is 0.356 e. The van der Waals surface area contributed by atoms with E-state index in [0.717, 1.165) is 12.1 Å². The fourth-order valence-corrected chi connectivity index (χ4v) is 2.33. The van der Waals surface area contributed by atoms with Gasteiger partial charge in [0.15, 0.2) is 0 Å². The number of benzene rings is 1. The molecule has 29 heavy (non-hydrogen) atoms. The third-order valence-electron chi connectivity index (χ3n) is 3.55.